The summed E-state index contributed by atoms with van der Waals surface area (Å²) in [4.78, 5) is 0. The standard InChI is InChI=1S/C23H41F3/c1-2-3-4-8-13-22(23(24,25)26)14-9-10-19-15-17-21(18-16-19)20-11-6-5-7-12-20/h19-22H,2-18H2,1H3/t19-,21-,22?. The van der Waals surface area contributed by atoms with Crippen LogP contribution in [0.3, 0.4) is 0 Å². The highest BCUT2D eigenvalue weighted by Gasteiger charge is 2.38. The largest absolute Gasteiger partial charge is 0.391 e. The Kier molecular flexibility index (Phi) is 9.85. The lowest BCUT2D eigenvalue weighted by molar-refractivity contribution is -0.178. The Hall–Kier alpha value is -0.210. The van der Waals surface area contributed by atoms with Crippen LogP contribution >= 0.6 is 0 Å². The molecule has 26 heavy (non-hydrogen) atoms. The van der Waals surface area contributed by atoms with Gasteiger partial charge in [-0.25, -0.2) is 0 Å². The summed E-state index contributed by atoms with van der Waals surface area (Å²) in [7, 11) is 0. The van der Waals surface area contributed by atoms with Gasteiger partial charge >= 0.3 is 6.18 Å². The van der Waals surface area contributed by atoms with E-state index in [1.807, 2.05) is 0 Å². The van der Waals surface area contributed by atoms with Crippen LogP contribution in [0.5, 0.6) is 0 Å². The molecular weight excluding hydrogens is 333 g/mol. The van der Waals surface area contributed by atoms with Crippen LogP contribution in [0.25, 0.3) is 0 Å². The van der Waals surface area contributed by atoms with Gasteiger partial charge in [0.2, 0.25) is 0 Å². The lowest BCUT2D eigenvalue weighted by Gasteiger charge is -2.36. The van der Waals surface area contributed by atoms with Gasteiger partial charge in [-0.15, -0.1) is 0 Å². The van der Waals surface area contributed by atoms with Gasteiger partial charge in [-0.3, -0.25) is 0 Å². The molecule has 0 amide bonds. The fourth-order valence-electron chi connectivity index (χ4n) is 5.50. The van der Waals surface area contributed by atoms with E-state index in [0.717, 1.165) is 50.4 Å². The summed E-state index contributed by atoms with van der Waals surface area (Å²) in [5.74, 6) is 1.53. The lowest BCUT2D eigenvalue weighted by Crippen LogP contribution is -2.25. The Bertz CT molecular complexity index is 349. The maximum absolute atomic E-state index is 13.3. The predicted octanol–water partition coefficient (Wildman–Crippen LogP) is 8.69. The van der Waals surface area contributed by atoms with Crippen LogP contribution in [-0.2, 0) is 0 Å². The van der Waals surface area contributed by atoms with Crippen molar-refractivity contribution in [3.63, 3.8) is 0 Å². The van der Waals surface area contributed by atoms with Gasteiger partial charge in [0, 0.05) is 0 Å². The van der Waals surface area contributed by atoms with Crippen LogP contribution in [0.1, 0.15) is 116 Å². The molecule has 2 rings (SSSR count). The zero-order chi connectivity index (χ0) is 18.8. The third-order valence-electron chi connectivity index (χ3n) is 7.24. The smallest absolute Gasteiger partial charge is 0.171 e. The summed E-state index contributed by atoms with van der Waals surface area (Å²) in [5.41, 5.74) is 0. The first-order valence-corrected chi connectivity index (χ1v) is 11.6. The van der Waals surface area contributed by atoms with E-state index in [2.05, 4.69) is 6.92 Å². The second-order valence-electron chi connectivity index (χ2n) is 9.20. The highest BCUT2D eigenvalue weighted by Crippen LogP contribution is 2.42. The molecular formula is C23H41F3. The molecule has 0 N–H and O–H groups in total. The molecule has 1 unspecified atom stereocenters. The van der Waals surface area contributed by atoms with Crippen LogP contribution in [0.4, 0.5) is 13.2 Å². The molecule has 0 bridgehead atoms. The molecule has 0 radical (unpaired) electrons. The number of alkyl halides is 3. The summed E-state index contributed by atoms with van der Waals surface area (Å²) < 4.78 is 39.8. The molecule has 1 atom stereocenters. The van der Waals surface area contributed by atoms with E-state index in [1.54, 1.807) is 0 Å². The number of hydrogen-bond donors (Lipinski definition) is 0. The van der Waals surface area contributed by atoms with Gasteiger partial charge in [0.25, 0.3) is 0 Å². The van der Waals surface area contributed by atoms with Crippen molar-refractivity contribution in [1.82, 2.24) is 0 Å². The van der Waals surface area contributed by atoms with E-state index >= 15 is 0 Å². The number of hydrogen-bond acceptors (Lipinski definition) is 0. The summed E-state index contributed by atoms with van der Waals surface area (Å²) >= 11 is 0. The van der Waals surface area contributed by atoms with Crippen molar-refractivity contribution < 1.29 is 13.2 Å². The maximum Gasteiger partial charge on any atom is 0.391 e. The topological polar surface area (TPSA) is 0 Å². The SMILES string of the molecule is CCCCCCC(CCC[C@H]1CC[C@H](C2CCCCC2)CC1)C(F)(F)F. The van der Waals surface area contributed by atoms with Crippen molar-refractivity contribution >= 4 is 0 Å². The quantitative estimate of drug-likeness (QED) is 0.335. The summed E-state index contributed by atoms with van der Waals surface area (Å²) in [6, 6.07) is 0. The Morgan fingerprint density at radius 3 is 1.96 bits per heavy atom. The Morgan fingerprint density at radius 1 is 0.731 bits per heavy atom. The van der Waals surface area contributed by atoms with Gasteiger partial charge in [-0.2, -0.15) is 13.2 Å². The second kappa shape index (κ2) is 11.6. The van der Waals surface area contributed by atoms with Crippen molar-refractivity contribution in [2.75, 3.05) is 0 Å². The number of halogens is 3. The van der Waals surface area contributed by atoms with Gasteiger partial charge < -0.3 is 0 Å². The first-order valence-electron chi connectivity index (χ1n) is 11.6. The van der Waals surface area contributed by atoms with E-state index in [1.165, 1.54) is 57.8 Å². The third kappa shape index (κ3) is 7.80. The van der Waals surface area contributed by atoms with Gasteiger partial charge in [-0.05, 0) is 43.4 Å². The average Bonchev–Trinajstić information content (AvgIpc) is 2.64. The predicted molar refractivity (Wildman–Crippen MR) is 104 cm³/mol. The summed E-state index contributed by atoms with van der Waals surface area (Å²) in [6.45, 7) is 2.10. The molecule has 0 aliphatic heterocycles. The highest BCUT2D eigenvalue weighted by molar-refractivity contribution is 4.80. The monoisotopic (exact) mass is 374 g/mol. The molecule has 0 saturated heterocycles. The van der Waals surface area contributed by atoms with Crippen LogP contribution in [0.15, 0.2) is 0 Å². The van der Waals surface area contributed by atoms with Crippen molar-refractivity contribution in [2.24, 2.45) is 23.7 Å². The zero-order valence-corrected chi connectivity index (χ0v) is 17.0. The molecule has 0 aromatic rings. The minimum absolute atomic E-state index is 0.345. The molecule has 3 heteroatoms. The molecule has 154 valence electrons. The molecule has 2 aliphatic carbocycles. The molecule has 0 heterocycles. The molecule has 0 aromatic heterocycles. The Labute approximate surface area is 159 Å². The van der Waals surface area contributed by atoms with Gasteiger partial charge in [0.1, 0.15) is 0 Å². The first-order chi connectivity index (χ1) is 12.5. The van der Waals surface area contributed by atoms with Crippen molar-refractivity contribution in [1.29, 1.82) is 0 Å². The number of rotatable bonds is 10. The molecule has 2 fully saturated rings. The molecule has 2 aliphatic rings. The fraction of sp³-hybridized carbons (Fsp3) is 1.00. The van der Waals surface area contributed by atoms with Gasteiger partial charge in [0.05, 0.1) is 5.92 Å². The van der Waals surface area contributed by atoms with Crippen LogP contribution in [-0.4, -0.2) is 6.18 Å². The minimum atomic E-state index is -4.00. The first kappa shape index (κ1) is 22.1. The molecule has 0 spiro atoms. The average molecular weight is 375 g/mol. The maximum atomic E-state index is 13.3. The highest BCUT2D eigenvalue weighted by atomic mass is 19.4. The van der Waals surface area contributed by atoms with E-state index < -0.39 is 12.1 Å². The normalized spacial score (nSPS) is 26.8. The van der Waals surface area contributed by atoms with Gasteiger partial charge in [-0.1, -0.05) is 90.4 Å². The second-order valence-corrected chi connectivity index (χ2v) is 9.20. The zero-order valence-electron chi connectivity index (χ0n) is 17.0. The van der Waals surface area contributed by atoms with Crippen molar-refractivity contribution in [2.45, 2.75) is 122 Å². The Balaban J connectivity index is 1.62. The summed E-state index contributed by atoms with van der Waals surface area (Å²) in [5, 5.41) is 0. The molecule has 0 aromatic carbocycles. The van der Waals surface area contributed by atoms with E-state index in [4.69, 9.17) is 0 Å². The number of unbranched alkanes of at least 4 members (excludes halogenated alkanes) is 3. The van der Waals surface area contributed by atoms with Gasteiger partial charge in [0.15, 0.2) is 0 Å². The lowest BCUT2D eigenvalue weighted by atomic mass is 9.70. The summed E-state index contributed by atoms with van der Waals surface area (Å²) in [6.07, 6.45) is 14.7. The van der Waals surface area contributed by atoms with E-state index in [-0.39, 0.29) is 0 Å². The van der Waals surface area contributed by atoms with Crippen LogP contribution in [0, 0.1) is 23.7 Å². The molecule has 0 nitrogen and oxygen atoms in total. The fourth-order valence-corrected chi connectivity index (χ4v) is 5.50. The van der Waals surface area contributed by atoms with Crippen LogP contribution < -0.4 is 0 Å². The van der Waals surface area contributed by atoms with Crippen LogP contribution in [0.2, 0.25) is 0 Å². The van der Waals surface area contributed by atoms with E-state index in [9.17, 15) is 13.2 Å². The van der Waals surface area contributed by atoms with Crippen molar-refractivity contribution in [3.05, 3.63) is 0 Å². The van der Waals surface area contributed by atoms with Crippen molar-refractivity contribution in [3.8, 4) is 0 Å². The third-order valence-corrected chi connectivity index (χ3v) is 7.24. The minimum Gasteiger partial charge on any atom is -0.171 e. The van der Waals surface area contributed by atoms with E-state index in [0.29, 0.717) is 18.8 Å². The molecule has 2 saturated carbocycles. The Morgan fingerprint density at radius 2 is 1.35 bits per heavy atom.